The third kappa shape index (κ3) is 4.03. The van der Waals surface area contributed by atoms with Gasteiger partial charge in [-0.3, -0.25) is 9.59 Å². The van der Waals surface area contributed by atoms with Crippen LogP contribution in [-0.2, 0) is 16.1 Å². The fourth-order valence-corrected chi connectivity index (χ4v) is 3.14. The molecule has 4 rings (SSSR count). The Labute approximate surface area is 162 Å². The van der Waals surface area contributed by atoms with Gasteiger partial charge in [0.05, 0.1) is 23.7 Å². The lowest BCUT2D eigenvalue weighted by Crippen LogP contribution is -2.27. The molecule has 0 radical (unpaired) electrons. The molecule has 1 aliphatic rings. The van der Waals surface area contributed by atoms with E-state index in [1.165, 1.54) is 0 Å². The SMILES string of the molecule is Nc1ncc(-c2ccc(CNC(=O)C3CC3C(=O)Nc3ccccc3)cc2)[nH]1. The number of nitrogens with zero attached hydrogens (tertiary/aromatic N) is 1. The van der Waals surface area contributed by atoms with E-state index in [1.807, 2.05) is 54.6 Å². The molecule has 0 saturated heterocycles. The van der Waals surface area contributed by atoms with Crippen molar-refractivity contribution in [3.8, 4) is 11.3 Å². The van der Waals surface area contributed by atoms with Gasteiger partial charge in [0.1, 0.15) is 0 Å². The highest BCUT2D eigenvalue weighted by molar-refractivity contribution is 5.99. The molecule has 2 atom stereocenters. The van der Waals surface area contributed by atoms with Crippen molar-refractivity contribution < 1.29 is 9.59 Å². The summed E-state index contributed by atoms with van der Waals surface area (Å²) in [6, 6.07) is 17.0. The molecule has 1 aromatic heterocycles. The van der Waals surface area contributed by atoms with Crippen molar-refractivity contribution in [2.75, 3.05) is 11.1 Å². The Hall–Kier alpha value is -3.61. The first-order valence-electron chi connectivity index (χ1n) is 9.13. The Balaban J connectivity index is 1.26. The molecular weight excluding hydrogens is 354 g/mol. The maximum absolute atomic E-state index is 12.3. The maximum atomic E-state index is 12.3. The van der Waals surface area contributed by atoms with Gasteiger partial charge in [0.2, 0.25) is 11.8 Å². The number of hydrogen-bond acceptors (Lipinski definition) is 4. The average molecular weight is 375 g/mol. The highest BCUT2D eigenvalue weighted by Gasteiger charge is 2.47. The van der Waals surface area contributed by atoms with Crippen LogP contribution in [0.3, 0.4) is 0 Å². The molecule has 2 unspecified atom stereocenters. The standard InChI is InChI=1S/C21H21N5O2/c22-21-24-12-18(26-21)14-8-6-13(7-9-14)11-23-19(27)16-10-17(16)20(28)25-15-4-2-1-3-5-15/h1-9,12,16-17H,10-11H2,(H,23,27)(H,25,28)(H3,22,24,26). The summed E-state index contributed by atoms with van der Waals surface area (Å²) in [6.45, 7) is 0.424. The van der Waals surface area contributed by atoms with Crippen molar-refractivity contribution in [2.24, 2.45) is 11.8 Å². The van der Waals surface area contributed by atoms with E-state index in [4.69, 9.17) is 5.73 Å². The van der Waals surface area contributed by atoms with Gasteiger partial charge in [-0.2, -0.15) is 0 Å². The van der Waals surface area contributed by atoms with Crippen LogP contribution in [0.15, 0.2) is 60.8 Å². The summed E-state index contributed by atoms with van der Waals surface area (Å²) >= 11 is 0. The van der Waals surface area contributed by atoms with Gasteiger partial charge in [-0.1, -0.05) is 42.5 Å². The van der Waals surface area contributed by atoms with E-state index < -0.39 is 0 Å². The van der Waals surface area contributed by atoms with Gasteiger partial charge >= 0.3 is 0 Å². The number of nitrogens with two attached hydrogens (primary N) is 1. The van der Waals surface area contributed by atoms with E-state index in [0.29, 0.717) is 18.9 Å². The predicted molar refractivity (Wildman–Crippen MR) is 107 cm³/mol. The largest absolute Gasteiger partial charge is 0.369 e. The number of benzene rings is 2. The van der Waals surface area contributed by atoms with Crippen LogP contribution in [0.5, 0.6) is 0 Å². The molecule has 142 valence electrons. The number of para-hydroxylation sites is 1. The van der Waals surface area contributed by atoms with E-state index in [2.05, 4.69) is 20.6 Å². The van der Waals surface area contributed by atoms with Crippen LogP contribution in [0, 0.1) is 11.8 Å². The van der Waals surface area contributed by atoms with Crippen LogP contribution >= 0.6 is 0 Å². The van der Waals surface area contributed by atoms with Gasteiger partial charge in [-0.05, 0) is 29.7 Å². The third-order valence-corrected chi connectivity index (χ3v) is 4.83. The fraction of sp³-hybridized carbons (Fsp3) is 0.190. The van der Waals surface area contributed by atoms with E-state index in [9.17, 15) is 9.59 Å². The lowest BCUT2D eigenvalue weighted by atomic mass is 10.1. The number of nitrogens with one attached hydrogen (secondary N) is 3. The number of anilines is 2. The van der Waals surface area contributed by atoms with E-state index in [1.54, 1.807) is 6.20 Å². The van der Waals surface area contributed by atoms with E-state index >= 15 is 0 Å². The van der Waals surface area contributed by atoms with Crippen LogP contribution in [0.1, 0.15) is 12.0 Å². The molecule has 5 N–H and O–H groups in total. The highest BCUT2D eigenvalue weighted by atomic mass is 16.2. The highest BCUT2D eigenvalue weighted by Crippen LogP contribution is 2.39. The lowest BCUT2D eigenvalue weighted by molar-refractivity contribution is -0.125. The summed E-state index contributed by atoms with van der Waals surface area (Å²) in [5, 5.41) is 5.76. The summed E-state index contributed by atoms with van der Waals surface area (Å²) in [6.07, 6.45) is 2.27. The minimum atomic E-state index is -0.256. The number of carbonyl (C=O) groups is 2. The predicted octanol–water partition coefficient (Wildman–Crippen LogP) is 2.55. The van der Waals surface area contributed by atoms with Gasteiger partial charge in [-0.15, -0.1) is 0 Å². The number of hydrogen-bond donors (Lipinski definition) is 4. The molecule has 7 heteroatoms. The molecule has 1 heterocycles. The van der Waals surface area contributed by atoms with Gasteiger partial charge in [-0.25, -0.2) is 4.98 Å². The monoisotopic (exact) mass is 375 g/mol. The molecule has 1 saturated carbocycles. The van der Waals surface area contributed by atoms with Gasteiger partial charge < -0.3 is 21.4 Å². The number of rotatable bonds is 6. The Kier molecular flexibility index (Phi) is 4.80. The minimum absolute atomic E-state index is 0.0846. The number of nitrogen functional groups attached to an aromatic ring is 1. The number of aromatic nitrogens is 2. The second kappa shape index (κ2) is 7.56. The van der Waals surface area contributed by atoms with Crippen molar-refractivity contribution in [3.05, 3.63) is 66.4 Å². The average Bonchev–Trinajstić information content (AvgIpc) is 3.41. The summed E-state index contributed by atoms with van der Waals surface area (Å²) in [5.74, 6) is -0.320. The molecule has 7 nitrogen and oxygen atoms in total. The fourth-order valence-electron chi connectivity index (χ4n) is 3.14. The first-order valence-corrected chi connectivity index (χ1v) is 9.13. The van der Waals surface area contributed by atoms with Crippen LogP contribution in [0.4, 0.5) is 11.6 Å². The quantitative estimate of drug-likeness (QED) is 0.530. The van der Waals surface area contributed by atoms with Crippen molar-refractivity contribution >= 4 is 23.5 Å². The van der Waals surface area contributed by atoms with Crippen molar-refractivity contribution in [2.45, 2.75) is 13.0 Å². The molecule has 1 aliphatic carbocycles. The summed E-state index contributed by atoms with van der Waals surface area (Å²) < 4.78 is 0. The second-order valence-electron chi connectivity index (χ2n) is 6.90. The second-order valence-corrected chi connectivity index (χ2v) is 6.90. The zero-order chi connectivity index (χ0) is 19.5. The Bertz CT molecular complexity index is 982. The zero-order valence-electron chi connectivity index (χ0n) is 15.2. The van der Waals surface area contributed by atoms with Gasteiger partial charge in [0, 0.05) is 12.2 Å². The smallest absolute Gasteiger partial charge is 0.228 e. The van der Waals surface area contributed by atoms with Crippen molar-refractivity contribution in [1.29, 1.82) is 0 Å². The topological polar surface area (TPSA) is 113 Å². The summed E-state index contributed by atoms with van der Waals surface area (Å²) in [7, 11) is 0. The maximum Gasteiger partial charge on any atom is 0.228 e. The first-order chi connectivity index (χ1) is 13.6. The number of imidazole rings is 1. The van der Waals surface area contributed by atoms with Crippen molar-refractivity contribution in [1.82, 2.24) is 15.3 Å². The Morgan fingerprint density at radius 1 is 1.04 bits per heavy atom. The lowest BCUT2D eigenvalue weighted by Gasteiger charge is -2.07. The number of carbonyl (C=O) groups excluding carboxylic acids is 2. The zero-order valence-corrected chi connectivity index (χ0v) is 15.2. The summed E-state index contributed by atoms with van der Waals surface area (Å²) in [4.78, 5) is 31.5. The molecule has 0 bridgehead atoms. The van der Waals surface area contributed by atoms with Crippen molar-refractivity contribution in [3.63, 3.8) is 0 Å². The summed E-state index contributed by atoms with van der Waals surface area (Å²) in [5.41, 5.74) is 9.14. The molecule has 1 fully saturated rings. The third-order valence-electron chi connectivity index (χ3n) is 4.83. The van der Waals surface area contributed by atoms with E-state index in [-0.39, 0.29) is 23.7 Å². The molecular formula is C21H21N5O2. The number of aromatic amines is 1. The molecule has 2 aromatic carbocycles. The number of amides is 2. The molecule has 0 aliphatic heterocycles. The van der Waals surface area contributed by atoms with Gasteiger partial charge in [0.15, 0.2) is 5.95 Å². The Morgan fingerprint density at radius 2 is 1.75 bits per heavy atom. The van der Waals surface area contributed by atoms with Crippen LogP contribution in [-0.4, -0.2) is 21.8 Å². The van der Waals surface area contributed by atoms with Crippen LogP contribution in [0.2, 0.25) is 0 Å². The van der Waals surface area contributed by atoms with Gasteiger partial charge in [0.25, 0.3) is 0 Å². The molecule has 0 spiro atoms. The van der Waals surface area contributed by atoms with Crippen LogP contribution < -0.4 is 16.4 Å². The molecule has 3 aromatic rings. The molecule has 28 heavy (non-hydrogen) atoms. The molecule has 2 amide bonds. The number of H-pyrrole nitrogens is 1. The first kappa shape index (κ1) is 17.8. The normalized spacial score (nSPS) is 17.7. The Morgan fingerprint density at radius 3 is 2.43 bits per heavy atom. The van der Waals surface area contributed by atoms with Crippen LogP contribution in [0.25, 0.3) is 11.3 Å². The minimum Gasteiger partial charge on any atom is -0.369 e. The van der Waals surface area contributed by atoms with E-state index in [0.717, 1.165) is 22.5 Å².